The van der Waals surface area contributed by atoms with E-state index >= 15 is 0 Å². The van der Waals surface area contributed by atoms with E-state index in [1.54, 1.807) is 36.4 Å². The van der Waals surface area contributed by atoms with E-state index in [-0.39, 0.29) is 6.54 Å². The molecule has 3 aromatic rings. The van der Waals surface area contributed by atoms with Crippen LogP contribution in [0.1, 0.15) is 29.2 Å². The topological polar surface area (TPSA) is 74.8 Å². The van der Waals surface area contributed by atoms with E-state index in [0.29, 0.717) is 16.9 Å². The van der Waals surface area contributed by atoms with Gasteiger partial charge in [0, 0.05) is 11.3 Å². The summed E-state index contributed by atoms with van der Waals surface area (Å²) in [7, 11) is -4.16. The highest BCUT2D eigenvalue weighted by Crippen LogP contribution is 2.52. The summed E-state index contributed by atoms with van der Waals surface area (Å²) in [5, 5.41) is 0. The molecule has 0 bridgehead atoms. The number of hydrogen-bond donors (Lipinski definition) is 0. The van der Waals surface area contributed by atoms with Crippen LogP contribution in [0.25, 0.3) is 0 Å². The third-order valence-electron chi connectivity index (χ3n) is 6.62. The lowest BCUT2D eigenvalue weighted by Crippen LogP contribution is -2.54. The Morgan fingerprint density at radius 2 is 1.58 bits per heavy atom. The van der Waals surface area contributed by atoms with Crippen molar-refractivity contribution in [3.05, 3.63) is 95.1 Å². The van der Waals surface area contributed by atoms with Crippen molar-refractivity contribution in [2.45, 2.75) is 31.7 Å². The van der Waals surface area contributed by atoms with E-state index < -0.39 is 32.3 Å². The smallest absolute Gasteiger partial charge is 0.274 e. The Balaban J connectivity index is 1.72. The number of hydrogen-bond acceptors (Lipinski definition) is 4. The molecule has 2 aliphatic heterocycles. The molecule has 1 spiro atoms. The fraction of sp³-hybridized carbons (Fsp3) is 0.231. The van der Waals surface area contributed by atoms with Gasteiger partial charge in [0.2, 0.25) is 5.91 Å². The van der Waals surface area contributed by atoms with E-state index in [0.717, 1.165) is 23.1 Å². The van der Waals surface area contributed by atoms with Crippen LogP contribution in [0.2, 0.25) is 0 Å². The molecular formula is C26H24N2O4S. The molecule has 2 heterocycles. The molecule has 0 aliphatic carbocycles. The van der Waals surface area contributed by atoms with Gasteiger partial charge in [-0.15, -0.1) is 0 Å². The lowest BCUT2D eigenvalue weighted by Gasteiger charge is -2.32. The molecule has 1 fully saturated rings. The predicted molar refractivity (Wildman–Crippen MR) is 128 cm³/mol. The molecule has 168 valence electrons. The number of carbonyl (C=O) groups excluding carboxylic acids is 2. The first kappa shape index (κ1) is 21.4. The van der Waals surface area contributed by atoms with Crippen molar-refractivity contribution in [2.24, 2.45) is 0 Å². The average molecular weight is 461 g/mol. The standard InChI is InChI=1S/C26H24N2O4S/c1-3-19-12-14-21(15-13-19)28-24(29)17-33(31,32)26(28)22-10-6-7-11-23(22)27(25(26)30)16-20-9-5-4-8-18(20)2/h4-15H,3,16-17H2,1-2H3/t26-/m1/s1. The zero-order valence-corrected chi connectivity index (χ0v) is 19.3. The van der Waals surface area contributed by atoms with Gasteiger partial charge in [0.15, 0.2) is 9.84 Å². The van der Waals surface area contributed by atoms with Gasteiger partial charge in [-0.2, -0.15) is 0 Å². The number of aryl methyl sites for hydroxylation is 2. The number of fused-ring (bicyclic) bond motifs is 2. The first-order valence-corrected chi connectivity index (χ1v) is 12.6. The van der Waals surface area contributed by atoms with E-state index in [9.17, 15) is 18.0 Å². The van der Waals surface area contributed by atoms with Gasteiger partial charge in [0.25, 0.3) is 10.8 Å². The second kappa shape index (κ2) is 7.56. The van der Waals surface area contributed by atoms with Crippen LogP contribution in [0.5, 0.6) is 0 Å². The Morgan fingerprint density at radius 1 is 0.909 bits per heavy atom. The number of carbonyl (C=O) groups is 2. The Kier molecular flexibility index (Phi) is 4.90. The summed E-state index contributed by atoms with van der Waals surface area (Å²) in [6.45, 7) is 4.19. The van der Waals surface area contributed by atoms with E-state index in [4.69, 9.17) is 0 Å². The highest BCUT2D eigenvalue weighted by atomic mass is 32.2. The minimum atomic E-state index is -4.16. The minimum absolute atomic E-state index is 0.219. The van der Waals surface area contributed by atoms with Gasteiger partial charge in [0.1, 0.15) is 5.75 Å². The van der Waals surface area contributed by atoms with Gasteiger partial charge >= 0.3 is 0 Å². The molecule has 3 aromatic carbocycles. The number of amides is 2. The summed E-state index contributed by atoms with van der Waals surface area (Å²) >= 11 is 0. The summed E-state index contributed by atoms with van der Waals surface area (Å²) in [6.07, 6.45) is 0.809. The average Bonchev–Trinajstić information content (AvgIpc) is 3.18. The molecule has 6 nitrogen and oxygen atoms in total. The van der Waals surface area contributed by atoms with Gasteiger partial charge in [-0.05, 0) is 48.2 Å². The van der Waals surface area contributed by atoms with Crippen molar-refractivity contribution in [3.63, 3.8) is 0 Å². The van der Waals surface area contributed by atoms with Crippen molar-refractivity contribution in [1.82, 2.24) is 0 Å². The van der Waals surface area contributed by atoms with Crippen LogP contribution in [0.3, 0.4) is 0 Å². The largest absolute Gasteiger partial charge is 0.304 e. The third-order valence-corrected chi connectivity index (χ3v) is 8.72. The predicted octanol–water partition coefficient (Wildman–Crippen LogP) is 3.72. The highest BCUT2D eigenvalue weighted by molar-refractivity contribution is 7.94. The van der Waals surface area contributed by atoms with Crippen LogP contribution in [0, 0.1) is 6.92 Å². The maximum Gasteiger partial charge on any atom is 0.274 e. The summed E-state index contributed by atoms with van der Waals surface area (Å²) in [5.74, 6) is -1.92. The van der Waals surface area contributed by atoms with Crippen LogP contribution in [0.4, 0.5) is 11.4 Å². The second-order valence-electron chi connectivity index (χ2n) is 8.49. The Bertz CT molecular complexity index is 1380. The van der Waals surface area contributed by atoms with Gasteiger partial charge < -0.3 is 4.90 Å². The number of sulfone groups is 1. The van der Waals surface area contributed by atoms with Gasteiger partial charge in [-0.25, -0.2) is 8.42 Å². The number of benzene rings is 3. The van der Waals surface area contributed by atoms with E-state index in [2.05, 4.69) is 0 Å². The number of rotatable bonds is 4. The summed E-state index contributed by atoms with van der Waals surface area (Å²) in [6, 6.07) is 21.7. The maximum atomic E-state index is 14.1. The van der Waals surface area contributed by atoms with Crippen LogP contribution in [0.15, 0.2) is 72.8 Å². The molecular weight excluding hydrogens is 436 g/mol. The quantitative estimate of drug-likeness (QED) is 0.595. The number of nitrogens with zero attached hydrogens (tertiary/aromatic N) is 2. The third kappa shape index (κ3) is 2.95. The van der Waals surface area contributed by atoms with Crippen molar-refractivity contribution in [3.8, 4) is 0 Å². The van der Waals surface area contributed by atoms with Crippen LogP contribution in [-0.4, -0.2) is 26.0 Å². The fourth-order valence-corrected chi connectivity index (χ4v) is 6.92. The molecule has 7 heteroatoms. The summed E-state index contributed by atoms with van der Waals surface area (Å²) in [4.78, 5) is 27.9. The van der Waals surface area contributed by atoms with Gasteiger partial charge in [-0.3, -0.25) is 14.5 Å². The van der Waals surface area contributed by atoms with E-state index in [1.165, 1.54) is 9.80 Å². The first-order chi connectivity index (χ1) is 15.8. The molecule has 1 saturated heterocycles. The summed E-state index contributed by atoms with van der Waals surface area (Å²) in [5.41, 5.74) is 4.22. The maximum absolute atomic E-state index is 14.1. The van der Waals surface area contributed by atoms with Crippen LogP contribution >= 0.6 is 0 Å². The Labute approximate surface area is 193 Å². The van der Waals surface area contributed by atoms with Gasteiger partial charge in [0.05, 0.1) is 12.2 Å². The number of anilines is 2. The molecule has 0 radical (unpaired) electrons. The Morgan fingerprint density at radius 3 is 2.27 bits per heavy atom. The molecule has 0 unspecified atom stereocenters. The zero-order chi connectivity index (χ0) is 23.4. The molecule has 0 saturated carbocycles. The van der Waals surface area contributed by atoms with E-state index in [1.807, 2.05) is 50.2 Å². The van der Waals surface area contributed by atoms with Crippen molar-refractivity contribution >= 4 is 33.0 Å². The lowest BCUT2D eigenvalue weighted by molar-refractivity contribution is -0.123. The molecule has 2 amide bonds. The molecule has 1 atom stereocenters. The van der Waals surface area contributed by atoms with Crippen molar-refractivity contribution < 1.29 is 18.0 Å². The second-order valence-corrected chi connectivity index (χ2v) is 10.6. The zero-order valence-electron chi connectivity index (χ0n) is 18.5. The molecule has 0 N–H and O–H groups in total. The molecule has 2 aliphatic rings. The van der Waals surface area contributed by atoms with Crippen molar-refractivity contribution in [1.29, 1.82) is 0 Å². The highest BCUT2D eigenvalue weighted by Gasteiger charge is 2.69. The first-order valence-electron chi connectivity index (χ1n) is 10.9. The fourth-order valence-electron chi connectivity index (χ4n) is 4.89. The van der Waals surface area contributed by atoms with Crippen LogP contribution in [-0.2, 0) is 37.3 Å². The lowest BCUT2D eigenvalue weighted by atomic mass is 10.0. The van der Waals surface area contributed by atoms with Crippen LogP contribution < -0.4 is 9.80 Å². The van der Waals surface area contributed by atoms with Crippen molar-refractivity contribution in [2.75, 3.05) is 15.6 Å². The summed E-state index contributed by atoms with van der Waals surface area (Å²) < 4.78 is 27.3. The SMILES string of the molecule is CCc1ccc(N2C(=O)CS(=O)(=O)[C@]23C(=O)N(Cc2ccccc2C)c2ccccc23)cc1. The Hall–Kier alpha value is -3.45. The normalized spacial score (nSPS) is 21.2. The van der Waals surface area contributed by atoms with Gasteiger partial charge in [-0.1, -0.05) is 61.5 Å². The molecule has 5 rings (SSSR count). The number of para-hydroxylation sites is 1. The monoisotopic (exact) mass is 460 g/mol. The molecule has 0 aromatic heterocycles. The molecule has 33 heavy (non-hydrogen) atoms. The minimum Gasteiger partial charge on any atom is -0.304 e.